The van der Waals surface area contributed by atoms with Crippen molar-refractivity contribution in [2.75, 3.05) is 5.73 Å². The quantitative estimate of drug-likeness (QED) is 0.602. The van der Waals surface area contributed by atoms with Gasteiger partial charge in [-0.3, -0.25) is 0 Å². The first-order valence-electron chi connectivity index (χ1n) is 4.92. The van der Waals surface area contributed by atoms with Crippen LogP contribution in [0.15, 0.2) is 18.2 Å². The molecule has 1 aromatic rings. The fraction of sp³-hybridized carbons (Fsp3) is 0.400. The Hall–Kier alpha value is -1.32. The summed E-state index contributed by atoms with van der Waals surface area (Å²) >= 11 is 5.25. The number of anilines is 1. The summed E-state index contributed by atoms with van der Waals surface area (Å²) in [5.74, 6) is -6.72. The fourth-order valence-electron chi connectivity index (χ4n) is 1.46. The highest BCUT2D eigenvalue weighted by molar-refractivity contribution is 6.33. The van der Waals surface area contributed by atoms with Crippen molar-refractivity contribution in [1.82, 2.24) is 0 Å². The molecule has 1 rings (SSSR count). The minimum absolute atomic E-state index is 0.0238. The zero-order valence-electron chi connectivity index (χ0n) is 9.59. The van der Waals surface area contributed by atoms with E-state index in [0.717, 1.165) is 0 Å². The molecule has 1 aromatic carbocycles. The van der Waals surface area contributed by atoms with Crippen molar-refractivity contribution >= 4 is 17.3 Å². The van der Waals surface area contributed by atoms with Gasteiger partial charge in [0.1, 0.15) is 0 Å². The summed E-state index contributed by atoms with van der Waals surface area (Å²) in [6.07, 6.45) is -13.3. The van der Waals surface area contributed by atoms with Gasteiger partial charge in [0.05, 0.1) is 10.7 Å². The molecule has 0 aliphatic carbocycles. The number of alkyl halides is 9. The average Bonchev–Trinajstić information content (AvgIpc) is 2.28. The van der Waals surface area contributed by atoms with Gasteiger partial charge >= 0.3 is 23.9 Å². The van der Waals surface area contributed by atoms with Gasteiger partial charge < -0.3 is 5.73 Å². The maximum Gasteiger partial charge on any atom is 0.457 e. The number of nitrogen functional groups attached to an aromatic ring is 1. The first-order valence-corrected chi connectivity index (χ1v) is 5.29. The number of hydrogen-bond donors (Lipinski definition) is 1. The van der Waals surface area contributed by atoms with Gasteiger partial charge in [0, 0.05) is 5.56 Å². The van der Waals surface area contributed by atoms with E-state index < -0.39 is 40.2 Å². The topological polar surface area (TPSA) is 26.0 Å². The normalized spacial score (nSPS) is 16.7. The lowest BCUT2D eigenvalue weighted by atomic mass is 9.87. The third-order valence-corrected chi connectivity index (χ3v) is 2.90. The van der Waals surface area contributed by atoms with Gasteiger partial charge in [-0.1, -0.05) is 17.7 Å². The maximum atomic E-state index is 13.9. The monoisotopic (exact) mass is 345 g/mol. The van der Waals surface area contributed by atoms with Crippen molar-refractivity contribution in [3.05, 3.63) is 28.8 Å². The van der Waals surface area contributed by atoms with E-state index in [1.54, 1.807) is 0 Å². The molecule has 0 aliphatic rings. The molecule has 120 valence electrons. The Kier molecular flexibility index (Phi) is 4.10. The largest absolute Gasteiger partial charge is 0.457 e. The fourth-order valence-corrected chi connectivity index (χ4v) is 1.64. The number of hydrogen-bond acceptors (Lipinski definition) is 1. The van der Waals surface area contributed by atoms with Crippen LogP contribution in [0.4, 0.5) is 45.2 Å². The summed E-state index contributed by atoms with van der Waals surface area (Å²) < 4.78 is 115. The van der Waals surface area contributed by atoms with Gasteiger partial charge in [-0.05, 0) is 12.1 Å². The van der Waals surface area contributed by atoms with Gasteiger partial charge in [0.15, 0.2) is 0 Å². The van der Waals surface area contributed by atoms with Gasteiger partial charge in [-0.15, -0.1) is 0 Å². The molecule has 0 aliphatic heterocycles. The molecule has 0 saturated carbocycles. The van der Waals surface area contributed by atoms with E-state index >= 15 is 0 Å². The molecule has 1 atom stereocenters. The van der Waals surface area contributed by atoms with Crippen molar-refractivity contribution in [2.45, 2.75) is 23.9 Å². The van der Waals surface area contributed by atoms with Crippen LogP contribution in [0.3, 0.4) is 0 Å². The van der Waals surface area contributed by atoms with E-state index in [9.17, 15) is 39.5 Å². The van der Waals surface area contributed by atoms with E-state index in [2.05, 4.69) is 0 Å². The smallest absolute Gasteiger partial charge is 0.398 e. The minimum Gasteiger partial charge on any atom is -0.398 e. The van der Waals surface area contributed by atoms with E-state index in [4.69, 9.17) is 17.3 Å². The standard InChI is InChI=1S/C10H5ClF9N/c11-5-3-4(1-2-6(5)21)7(12,9(15,16)17)8(13,14)10(18,19)20/h1-3H,21H2. The molecule has 0 amide bonds. The molecule has 0 radical (unpaired) electrons. The molecule has 1 nitrogen and oxygen atoms in total. The molecular formula is C10H5ClF9N. The van der Waals surface area contributed by atoms with Crippen LogP contribution in [0.25, 0.3) is 0 Å². The van der Waals surface area contributed by atoms with Crippen molar-refractivity contribution in [3.63, 3.8) is 0 Å². The Balaban J connectivity index is 3.67. The highest BCUT2D eigenvalue weighted by Crippen LogP contribution is 2.58. The van der Waals surface area contributed by atoms with Crippen LogP contribution in [0, 0.1) is 0 Å². The predicted octanol–water partition coefficient (Wildman–Crippen LogP) is 4.85. The third-order valence-electron chi connectivity index (χ3n) is 2.58. The summed E-state index contributed by atoms with van der Waals surface area (Å²) in [7, 11) is 0. The summed E-state index contributed by atoms with van der Waals surface area (Å²) in [5.41, 5.74) is -3.33. The molecule has 1 unspecified atom stereocenters. The first-order chi connectivity index (χ1) is 9.16. The van der Waals surface area contributed by atoms with Crippen molar-refractivity contribution < 1.29 is 39.5 Å². The lowest BCUT2D eigenvalue weighted by molar-refractivity contribution is -0.389. The van der Waals surface area contributed by atoms with Crippen molar-refractivity contribution in [2.24, 2.45) is 0 Å². The lowest BCUT2D eigenvalue weighted by Crippen LogP contribution is -2.59. The second-order valence-corrected chi connectivity index (χ2v) is 4.37. The minimum atomic E-state index is -6.77. The Morgan fingerprint density at radius 1 is 0.810 bits per heavy atom. The highest BCUT2D eigenvalue weighted by atomic mass is 35.5. The Morgan fingerprint density at radius 3 is 1.62 bits per heavy atom. The van der Waals surface area contributed by atoms with Gasteiger partial charge in [0.2, 0.25) is 0 Å². The summed E-state index contributed by atoms with van der Waals surface area (Å²) in [6.45, 7) is 0. The molecule has 2 N–H and O–H groups in total. The number of halogens is 10. The van der Waals surface area contributed by atoms with Gasteiger partial charge in [0.25, 0.3) is 0 Å². The van der Waals surface area contributed by atoms with Gasteiger partial charge in [-0.2, -0.15) is 35.1 Å². The number of rotatable bonds is 2. The van der Waals surface area contributed by atoms with E-state index in [0.29, 0.717) is 6.07 Å². The van der Waals surface area contributed by atoms with Crippen LogP contribution in [0.5, 0.6) is 0 Å². The number of benzene rings is 1. The third kappa shape index (κ3) is 2.60. The molecule has 0 fully saturated rings. The van der Waals surface area contributed by atoms with Crippen LogP contribution in [0.1, 0.15) is 5.56 Å². The van der Waals surface area contributed by atoms with Crippen LogP contribution >= 0.6 is 11.6 Å². The Bertz CT molecular complexity index is 536. The molecule has 0 heterocycles. The van der Waals surface area contributed by atoms with Crippen molar-refractivity contribution in [1.29, 1.82) is 0 Å². The summed E-state index contributed by atoms with van der Waals surface area (Å²) in [5, 5.41) is -0.795. The van der Waals surface area contributed by atoms with Crippen molar-refractivity contribution in [3.8, 4) is 0 Å². The lowest BCUT2D eigenvalue weighted by Gasteiger charge is -2.36. The number of nitrogens with two attached hydrogens (primary N) is 1. The van der Waals surface area contributed by atoms with Gasteiger partial charge in [-0.25, -0.2) is 4.39 Å². The Labute approximate surface area is 116 Å². The molecule has 11 heteroatoms. The van der Waals surface area contributed by atoms with Crippen LogP contribution in [0.2, 0.25) is 5.02 Å². The summed E-state index contributed by atoms with van der Waals surface area (Å²) in [4.78, 5) is 0. The first kappa shape index (κ1) is 17.7. The molecule has 0 bridgehead atoms. The van der Waals surface area contributed by atoms with Crippen LogP contribution in [-0.2, 0) is 5.67 Å². The molecule has 0 aromatic heterocycles. The Morgan fingerprint density at radius 2 is 1.29 bits per heavy atom. The van der Waals surface area contributed by atoms with E-state index in [-0.39, 0.29) is 12.1 Å². The summed E-state index contributed by atoms with van der Waals surface area (Å²) in [6, 6.07) is 0.530. The maximum absolute atomic E-state index is 13.9. The molecule has 0 spiro atoms. The molecule has 21 heavy (non-hydrogen) atoms. The predicted molar refractivity (Wildman–Crippen MR) is 55.7 cm³/mol. The van der Waals surface area contributed by atoms with E-state index in [1.165, 1.54) is 0 Å². The molecular weight excluding hydrogens is 341 g/mol. The second-order valence-electron chi connectivity index (χ2n) is 3.96. The zero-order chi connectivity index (χ0) is 16.9. The van der Waals surface area contributed by atoms with Crippen LogP contribution in [-0.4, -0.2) is 18.3 Å². The average molecular weight is 346 g/mol. The SMILES string of the molecule is Nc1ccc(C(F)(C(F)(F)F)C(F)(F)C(F)(F)F)cc1Cl. The highest BCUT2D eigenvalue weighted by Gasteiger charge is 2.81. The molecule has 0 saturated heterocycles. The second kappa shape index (κ2) is 4.85. The van der Waals surface area contributed by atoms with Crippen LogP contribution < -0.4 is 5.73 Å². The zero-order valence-corrected chi connectivity index (χ0v) is 10.3. The van der Waals surface area contributed by atoms with E-state index in [1.807, 2.05) is 0 Å².